The van der Waals surface area contributed by atoms with Gasteiger partial charge in [0.15, 0.2) is 0 Å². The second-order valence-corrected chi connectivity index (χ2v) is 5.32. The summed E-state index contributed by atoms with van der Waals surface area (Å²) in [5.41, 5.74) is -0.0500. The lowest BCUT2D eigenvalue weighted by Crippen LogP contribution is -2.55. The number of hydrogen-bond donors (Lipinski definition) is 1. The van der Waals surface area contributed by atoms with E-state index >= 15 is 0 Å². The second-order valence-electron chi connectivity index (χ2n) is 5.32. The number of carbonyl (C=O) groups excluding carboxylic acids is 1. The summed E-state index contributed by atoms with van der Waals surface area (Å²) in [5.74, 6) is 0.397. The SMILES string of the molecule is C[C@@H]1CNCCN1C(=O)C1(C)CCCC1. The molecule has 0 aromatic carbocycles. The molecule has 1 saturated carbocycles. The zero-order valence-electron chi connectivity index (χ0n) is 9.88. The van der Waals surface area contributed by atoms with E-state index in [1.165, 1.54) is 12.8 Å². The van der Waals surface area contributed by atoms with E-state index in [9.17, 15) is 4.79 Å². The van der Waals surface area contributed by atoms with Crippen molar-refractivity contribution in [1.82, 2.24) is 10.2 Å². The normalized spacial score (nSPS) is 30.5. The summed E-state index contributed by atoms with van der Waals surface area (Å²) < 4.78 is 0. The highest BCUT2D eigenvalue weighted by Crippen LogP contribution is 2.39. The average Bonchev–Trinajstić information content (AvgIpc) is 2.66. The molecule has 1 heterocycles. The molecule has 1 aliphatic carbocycles. The zero-order chi connectivity index (χ0) is 10.9. The monoisotopic (exact) mass is 210 g/mol. The zero-order valence-corrected chi connectivity index (χ0v) is 9.88. The number of hydrogen-bond acceptors (Lipinski definition) is 2. The number of amides is 1. The van der Waals surface area contributed by atoms with Gasteiger partial charge in [-0.2, -0.15) is 0 Å². The minimum Gasteiger partial charge on any atom is -0.337 e. The predicted octanol–water partition coefficient (Wildman–Crippen LogP) is 1.39. The summed E-state index contributed by atoms with van der Waals surface area (Å²) in [6.07, 6.45) is 4.62. The van der Waals surface area contributed by atoms with Crippen LogP contribution in [-0.2, 0) is 4.79 Å². The van der Waals surface area contributed by atoms with Gasteiger partial charge in [0.2, 0.25) is 5.91 Å². The van der Waals surface area contributed by atoms with Crippen LogP contribution in [0.4, 0.5) is 0 Å². The molecule has 2 rings (SSSR count). The molecule has 0 radical (unpaired) electrons. The largest absolute Gasteiger partial charge is 0.337 e. The van der Waals surface area contributed by atoms with E-state index in [1.54, 1.807) is 0 Å². The van der Waals surface area contributed by atoms with E-state index in [1.807, 2.05) is 0 Å². The third kappa shape index (κ3) is 2.03. The third-order valence-electron chi connectivity index (χ3n) is 3.99. The maximum atomic E-state index is 12.4. The number of nitrogens with one attached hydrogen (secondary N) is 1. The predicted molar refractivity (Wildman–Crippen MR) is 60.6 cm³/mol. The molecule has 3 nitrogen and oxygen atoms in total. The Kier molecular flexibility index (Phi) is 3.01. The summed E-state index contributed by atoms with van der Waals surface area (Å²) in [7, 11) is 0. The second kappa shape index (κ2) is 4.12. The van der Waals surface area contributed by atoms with Crippen LogP contribution in [0.3, 0.4) is 0 Å². The van der Waals surface area contributed by atoms with Gasteiger partial charge in [-0.1, -0.05) is 19.8 Å². The van der Waals surface area contributed by atoms with Gasteiger partial charge in [-0.15, -0.1) is 0 Å². The molecule has 3 heteroatoms. The van der Waals surface area contributed by atoms with Crippen molar-refractivity contribution in [1.29, 1.82) is 0 Å². The lowest BCUT2D eigenvalue weighted by molar-refractivity contribution is -0.143. The van der Waals surface area contributed by atoms with Crippen molar-refractivity contribution in [3.63, 3.8) is 0 Å². The maximum Gasteiger partial charge on any atom is 0.228 e. The van der Waals surface area contributed by atoms with Gasteiger partial charge in [0.25, 0.3) is 0 Å². The lowest BCUT2D eigenvalue weighted by Gasteiger charge is -2.39. The molecule has 0 spiro atoms. The molecule has 2 aliphatic rings. The smallest absolute Gasteiger partial charge is 0.228 e. The van der Waals surface area contributed by atoms with Gasteiger partial charge in [-0.3, -0.25) is 4.79 Å². The molecule has 1 saturated heterocycles. The van der Waals surface area contributed by atoms with Crippen molar-refractivity contribution in [2.24, 2.45) is 5.41 Å². The molecular weight excluding hydrogens is 188 g/mol. The van der Waals surface area contributed by atoms with Gasteiger partial charge in [-0.05, 0) is 19.8 Å². The maximum absolute atomic E-state index is 12.4. The van der Waals surface area contributed by atoms with Crippen LogP contribution in [-0.4, -0.2) is 36.5 Å². The summed E-state index contributed by atoms with van der Waals surface area (Å²) in [6.45, 7) is 7.07. The summed E-state index contributed by atoms with van der Waals surface area (Å²) >= 11 is 0. The van der Waals surface area contributed by atoms with Gasteiger partial charge in [-0.25, -0.2) is 0 Å². The molecule has 0 bridgehead atoms. The highest BCUT2D eigenvalue weighted by molar-refractivity contribution is 5.83. The van der Waals surface area contributed by atoms with Crippen LogP contribution in [0.15, 0.2) is 0 Å². The van der Waals surface area contributed by atoms with Gasteiger partial charge < -0.3 is 10.2 Å². The molecule has 2 fully saturated rings. The van der Waals surface area contributed by atoms with Crippen molar-refractivity contribution in [2.45, 2.75) is 45.6 Å². The molecule has 0 unspecified atom stereocenters. The van der Waals surface area contributed by atoms with Gasteiger partial charge in [0.05, 0.1) is 0 Å². The molecule has 0 aromatic rings. The minimum absolute atomic E-state index is 0.0500. The van der Waals surface area contributed by atoms with Crippen LogP contribution in [0.5, 0.6) is 0 Å². The first-order valence-corrected chi connectivity index (χ1v) is 6.15. The quantitative estimate of drug-likeness (QED) is 0.709. The van der Waals surface area contributed by atoms with Crippen LogP contribution < -0.4 is 5.32 Å². The van der Waals surface area contributed by atoms with Crippen LogP contribution in [0.25, 0.3) is 0 Å². The van der Waals surface area contributed by atoms with Crippen LogP contribution >= 0.6 is 0 Å². The summed E-state index contributed by atoms with van der Waals surface area (Å²) in [6, 6.07) is 0.365. The summed E-state index contributed by atoms with van der Waals surface area (Å²) in [4.78, 5) is 14.5. The first-order valence-electron chi connectivity index (χ1n) is 6.15. The molecular formula is C12H22N2O. The summed E-state index contributed by atoms with van der Waals surface area (Å²) in [5, 5.41) is 3.33. The molecule has 0 aromatic heterocycles. The topological polar surface area (TPSA) is 32.3 Å². The van der Waals surface area contributed by atoms with Crippen molar-refractivity contribution in [3.05, 3.63) is 0 Å². The van der Waals surface area contributed by atoms with E-state index in [0.29, 0.717) is 11.9 Å². The van der Waals surface area contributed by atoms with Gasteiger partial charge in [0.1, 0.15) is 0 Å². The average molecular weight is 210 g/mol. The number of carbonyl (C=O) groups is 1. The standard InChI is InChI=1S/C12H22N2O/c1-10-9-13-7-8-14(10)11(15)12(2)5-3-4-6-12/h10,13H,3-9H2,1-2H3/t10-/m1/s1. The Bertz CT molecular complexity index is 246. The number of piperazine rings is 1. The van der Waals surface area contributed by atoms with Crippen molar-refractivity contribution in [3.8, 4) is 0 Å². The van der Waals surface area contributed by atoms with E-state index in [4.69, 9.17) is 0 Å². The van der Waals surface area contributed by atoms with Gasteiger partial charge >= 0.3 is 0 Å². The van der Waals surface area contributed by atoms with Crippen LogP contribution in [0.1, 0.15) is 39.5 Å². The number of nitrogens with zero attached hydrogens (tertiary/aromatic N) is 1. The van der Waals surface area contributed by atoms with E-state index in [-0.39, 0.29) is 5.41 Å². The van der Waals surface area contributed by atoms with Crippen molar-refractivity contribution in [2.75, 3.05) is 19.6 Å². The van der Waals surface area contributed by atoms with Gasteiger partial charge in [0, 0.05) is 31.1 Å². The lowest BCUT2D eigenvalue weighted by atomic mass is 9.86. The highest BCUT2D eigenvalue weighted by Gasteiger charge is 2.40. The Morgan fingerprint density at radius 1 is 1.40 bits per heavy atom. The Hall–Kier alpha value is -0.570. The number of rotatable bonds is 1. The van der Waals surface area contributed by atoms with E-state index in [0.717, 1.165) is 32.5 Å². The molecule has 15 heavy (non-hydrogen) atoms. The van der Waals surface area contributed by atoms with Crippen molar-refractivity contribution >= 4 is 5.91 Å². The molecule has 1 N–H and O–H groups in total. The fraction of sp³-hybridized carbons (Fsp3) is 0.917. The highest BCUT2D eigenvalue weighted by atomic mass is 16.2. The Balaban J connectivity index is 2.05. The molecule has 1 amide bonds. The minimum atomic E-state index is -0.0500. The Morgan fingerprint density at radius 3 is 2.67 bits per heavy atom. The first kappa shape index (κ1) is 10.9. The molecule has 1 atom stereocenters. The Labute approximate surface area is 92.2 Å². The fourth-order valence-corrected chi connectivity index (χ4v) is 2.86. The first-order chi connectivity index (χ1) is 7.13. The third-order valence-corrected chi connectivity index (χ3v) is 3.99. The Morgan fingerprint density at radius 2 is 2.07 bits per heavy atom. The van der Waals surface area contributed by atoms with E-state index < -0.39 is 0 Å². The van der Waals surface area contributed by atoms with E-state index in [2.05, 4.69) is 24.1 Å². The van der Waals surface area contributed by atoms with Crippen LogP contribution in [0.2, 0.25) is 0 Å². The van der Waals surface area contributed by atoms with Crippen molar-refractivity contribution < 1.29 is 4.79 Å². The molecule has 1 aliphatic heterocycles. The van der Waals surface area contributed by atoms with Crippen LogP contribution in [0, 0.1) is 5.41 Å². The fourth-order valence-electron chi connectivity index (χ4n) is 2.86. The molecule has 86 valence electrons.